The first-order valence-electron chi connectivity index (χ1n) is 5.95. The minimum atomic E-state index is 0.505. The molecule has 0 saturated carbocycles. The number of nitrogens with one attached hydrogen (secondary N) is 1. The molecular formula is C12H17N5S. The van der Waals surface area contributed by atoms with Gasteiger partial charge in [0.1, 0.15) is 17.5 Å². The molecule has 0 spiro atoms. The van der Waals surface area contributed by atoms with Crippen LogP contribution in [-0.4, -0.2) is 15.0 Å². The third kappa shape index (κ3) is 3.40. The number of anilines is 2. The molecule has 0 atom stereocenters. The minimum Gasteiger partial charge on any atom is -0.384 e. The van der Waals surface area contributed by atoms with Crippen LogP contribution in [0.25, 0.3) is 0 Å². The molecule has 0 aromatic carbocycles. The van der Waals surface area contributed by atoms with Gasteiger partial charge in [0.25, 0.3) is 0 Å². The lowest BCUT2D eigenvalue weighted by molar-refractivity contribution is 0.836. The Morgan fingerprint density at radius 2 is 2.17 bits per heavy atom. The lowest BCUT2D eigenvalue weighted by Crippen LogP contribution is -2.06. The largest absolute Gasteiger partial charge is 0.384 e. The summed E-state index contributed by atoms with van der Waals surface area (Å²) in [6.07, 6.45) is 1.85. The van der Waals surface area contributed by atoms with Crippen LogP contribution in [-0.2, 0) is 13.0 Å². The fraction of sp³-hybridized carbons (Fsp3) is 0.417. The molecule has 0 bridgehead atoms. The second-order valence-electron chi connectivity index (χ2n) is 4.06. The van der Waals surface area contributed by atoms with Gasteiger partial charge in [0.05, 0.1) is 17.2 Å². The van der Waals surface area contributed by atoms with E-state index < -0.39 is 0 Å². The van der Waals surface area contributed by atoms with Crippen LogP contribution in [0, 0.1) is 6.92 Å². The number of nitrogens with two attached hydrogens (primary N) is 1. The molecule has 3 N–H and O–H groups in total. The van der Waals surface area contributed by atoms with Crippen molar-refractivity contribution in [3.05, 3.63) is 28.0 Å². The highest BCUT2D eigenvalue weighted by Crippen LogP contribution is 2.13. The molecule has 0 fully saturated rings. The zero-order valence-electron chi connectivity index (χ0n) is 10.6. The molecule has 0 radical (unpaired) electrons. The number of nitrogens with zero attached hydrogens (tertiary/aromatic N) is 3. The second-order valence-corrected chi connectivity index (χ2v) is 5.12. The van der Waals surface area contributed by atoms with Crippen LogP contribution in [0.3, 0.4) is 0 Å². The number of hydrogen-bond acceptors (Lipinski definition) is 6. The van der Waals surface area contributed by atoms with E-state index in [1.807, 2.05) is 12.3 Å². The molecule has 0 aliphatic carbocycles. The Hall–Kier alpha value is -1.69. The number of nitrogen functional groups attached to an aromatic ring is 1. The average Bonchev–Trinajstić information content (AvgIpc) is 2.72. The van der Waals surface area contributed by atoms with Crippen LogP contribution in [0.5, 0.6) is 0 Å². The molecule has 2 aromatic heterocycles. The van der Waals surface area contributed by atoms with Crippen LogP contribution in [0.4, 0.5) is 11.6 Å². The Bertz CT molecular complexity index is 523. The maximum absolute atomic E-state index is 5.76. The number of aryl methyl sites for hydroxylation is 2. The molecule has 0 saturated heterocycles. The van der Waals surface area contributed by atoms with E-state index >= 15 is 0 Å². The zero-order valence-corrected chi connectivity index (χ0v) is 11.4. The molecule has 0 aliphatic rings. The van der Waals surface area contributed by atoms with Crippen molar-refractivity contribution < 1.29 is 0 Å². The van der Waals surface area contributed by atoms with Crippen LogP contribution < -0.4 is 11.1 Å². The van der Waals surface area contributed by atoms with E-state index in [0.29, 0.717) is 12.4 Å². The summed E-state index contributed by atoms with van der Waals surface area (Å²) in [5.74, 6) is 2.05. The fourth-order valence-corrected chi connectivity index (χ4v) is 2.23. The predicted molar refractivity (Wildman–Crippen MR) is 74.6 cm³/mol. The van der Waals surface area contributed by atoms with Crippen molar-refractivity contribution >= 4 is 23.0 Å². The van der Waals surface area contributed by atoms with Crippen molar-refractivity contribution in [1.29, 1.82) is 0 Å². The van der Waals surface area contributed by atoms with Crippen LogP contribution in [0.1, 0.15) is 29.9 Å². The Morgan fingerprint density at radius 3 is 2.83 bits per heavy atom. The van der Waals surface area contributed by atoms with Crippen molar-refractivity contribution in [3.8, 4) is 0 Å². The lowest BCUT2D eigenvalue weighted by Gasteiger charge is -2.06. The van der Waals surface area contributed by atoms with Gasteiger partial charge in [-0.05, 0) is 13.3 Å². The highest BCUT2D eigenvalue weighted by atomic mass is 32.1. The van der Waals surface area contributed by atoms with Crippen molar-refractivity contribution in [2.75, 3.05) is 11.1 Å². The van der Waals surface area contributed by atoms with E-state index in [9.17, 15) is 0 Å². The minimum absolute atomic E-state index is 0.505. The quantitative estimate of drug-likeness (QED) is 0.866. The normalized spacial score (nSPS) is 10.6. The van der Waals surface area contributed by atoms with Gasteiger partial charge in [-0.1, -0.05) is 6.92 Å². The van der Waals surface area contributed by atoms with Gasteiger partial charge in [0.2, 0.25) is 0 Å². The molecule has 6 heteroatoms. The highest BCUT2D eigenvalue weighted by Gasteiger charge is 2.03. The predicted octanol–water partition coefficient (Wildman–Crippen LogP) is 2.39. The molecular weight excluding hydrogens is 246 g/mol. The standard InChI is InChI=1S/C12H17N5S/c1-3-4-11-16-10(13)5-12(17-11)14-6-9-7-18-8(2)15-9/h5,7H,3-4,6H2,1-2H3,(H3,13,14,16,17). The first-order chi connectivity index (χ1) is 8.67. The zero-order chi connectivity index (χ0) is 13.0. The Kier molecular flexibility index (Phi) is 4.09. The third-order valence-electron chi connectivity index (χ3n) is 2.38. The Labute approximate surface area is 111 Å². The summed E-state index contributed by atoms with van der Waals surface area (Å²) < 4.78 is 0. The number of rotatable bonds is 5. The summed E-state index contributed by atoms with van der Waals surface area (Å²) in [6, 6.07) is 1.75. The number of hydrogen-bond donors (Lipinski definition) is 2. The lowest BCUT2D eigenvalue weighted by atomic mass is 10.3. The van der Waals surface area contributed by atoms with Gasteiger partial charge in [-0.25, -0.2) is 15.0 Å². The van der Waals surface area contributed by atoms with Crippen molar-refractivity contribution in [3.63, 3.8) is 0 Å². The number of thiazole rings is 1. The van der Waals surface area contributed by atoms with Crippen LogP contribution in [0.15, 0.2) is 11.4 Å². The summed E-state index contributed by atoms with van der Waals surface area (Å²) in [7, 11) is 0. The molecule has 96 valence electrons. The van der Waals surface area contributed by atoms with Gasteiger partial charge >= 0.3 is 0 Å². The van der Waals surface area contributed by atoms with E-state index in [-0.39, 0.29) is 0 Å². The topological polar surface area (TPSA) is 76.7 Å². The summed E-state index contributed by atoms with van der Waals surface area (Å²) in [6.45, 7) is 4.75. The molecule has 18 heavy (non-hydrogen) atoms. The highest BCUT2D eigenvalue weighted by molar-refractivity contribution is 7.09. The summed E-state index contributed by atoms with van der Waals surface area (Å²) in [5, 5.41) is 6.34. The maximum Gasteiger partial charge on any atom is 0.133 e. The molecule has 0 aliphatic heterocycles. The first-order valence-corrected chi connectivity index (χ1v) is 6.83. The molecule has 0 amide bonds. The molecule has 2 heterocycles. The SMILES string of the molecule is CCCc1nc(N)cc(NCc2csc(C)n2)n1. The number of aromatic nitrogens is 3. The first kappa shape index (κ1) is 12.8. The molecule has 2 rings (SSSR count). The van der Waals surface area contributed by atoms with Gasteiger partial charge in [-0.3, -0.25) is 0 Å². The van der Waals surface area contributed by atoms with Crippen LogP contribution in [0.2, 0.25) is 0 Å². The summed E-state index contributed by atoms with van der Waals surface area (Å²) in [5.41, 5.74) is 6.78. The molecule has 5 nitrogen and oxygen atoms in total. The van der Waals surface area contributed by atoms with Crippen molar-refractivity contribution in [2.24, 2.45) is 0 Å². The fourth-order valence-electron chi connectivity index (χ4n) is 1.61. The monoisotopic (exact) mass is 263 g/mol. The molecule has 0 unspecified atom stereocenters. The van der Waals surface area contributed by atoms with Crippen LogP contribution >= 0.6 is 11.3 Å². The smallest absolute Gasteiger partial charge is 0.133 e. The Morgan fingerprint density at radius 1 is 1.33 bits per heavy atom. The van der Waals surface area contributed by atoms with E-state index in [0.717, 1.165) is 35.2 Å². The van der Waals surface area contributed by atoms with Gasteiger partial charge in [-0.2, -0.15) is 0 Å². The summed E-state index contributed by atoms with van der Waals surface area (Å²) in [4.78, 5) is 13.0. The van der Waals surface area contributed by atoms with Gasteiger partial charge in [0.15, 0.2) is 0 Å². The van der Waals surface area contributed by atoms with Crippen molar-refractivity contribution in [2.45, 2.75) is 33.2 Å². The van der Waals surface area contributed by atoms with E-state index in [1.54, 1.807) is 17.4 Å². The van der Waals surface area contributed by atoms with E-state index in [2.05, 4.69) is 27.2 Å². The van der Waals surface area contributed by atoms with E-state index in [1.165, 1.54) is 0 Å². The van der Waals surface area contributed by atoms with Gasteiger partial charge in [0, 0.05) is 17.9 Å². The maximum atomic E-state index is 5.76. The average molecular weight is 263 g/mol. The van der Waals surface area contributed by atoms with Gasteiger partial charge in [-0.15, -0.1) is 11.3 Å². The second kappa shape index (κ2) is 5.77. The van der Waals surface area contributed by atoms with Gasteiger partial charge < -0.3 is 11.1 Å². The molecule has 2 aromatic rings. The third-order valence-corrected chi connectivity index (χ3v) is 3.21. The van der Waals surface area contributed by atoms with Crippen molar-refractivity contribution in [1.82, 2.24) is 15.0 Å². The summed E-state index contributed by atoms with van der Waals surface area (Å²) >= 11 is 1.65. The van der Waals surface area contributed by atoms with E-state index in [4.69, 9.17) is 5.73 Å². The Balaban J connectivity index is 2.04.